The lowest BCUT2D eigenvalue weighted by molar-refractivity contribution is -0.140. The highest BCUT2D eigenvalue weighted by atomic mass is 16.5. The van der Waals surface area contributed by atoms with E-state index in [0.717, 1.165) is 23.3 Å². The third-order valence-corrected chi connectivity index (χ3v) is 6.01. The normalized spacial score (nSPS) is 21.6. The Morgan fingerprint density at radius 3 is 2.66 bits per heavy atom. The fourth-order valence-electron chi connectivity index (χ4n) is 4.47. The van der Waals surface area contributed by atoms with Crippen LogP contribution >= 0.6 is 0 Å². The zero-order chi connectivity index (χ0) is 22.2. The lowest BCUT2D eigenvalue weighted by Gasteiger charge is -2.23. The Kier molecular flexibility index (Phi) is 5.05. The Balaban J connectivity index is 1.54. The maximum Gasteiger partial charge on any atom is 0.295 e. The van der Waals surface area contributed by atoms with Gasteiger partial charge in [-0.15, -0.1) is 0 Å². The van der Waals surface area contributed by atoms with Crippen LogP contribution in [0.1, 0.15) is 35.4 Å². The molecule has 2 atom stereocenters. The minimum atomic E-state index is -0.780. The molecule has 6 nitrogen and oxygen atoms in total. The first-order chi connectivity index (χ1) is 15.5. The summed E-state index contributed by atoms with van der Waals surface area (Å²) in [7, 11) is 0. The molecule has 2 aliphatic heterocycles. The molecule has 0 aliphatic carbocycles. The molecule has 162 valence electrons. The third kappa shape index (κ3) is 3.47. The Bertz CT molecular complexity index is 1200. The third-order valence-electron chi connectivity index (χ3n) is 6.01. The van der Waals surface area contributed by atoms with Gasteiger partial charge >= 0.3 is 0 Å². The van der Waals surface area contributed by atoms with Gasteiger partial charge in [-0.05, 0) is 54.8 Å². The molecule has 3 aromatic rings. The van der Waals surface area contributed by atoms with Crippen LogP contribution in [0.25, 0.3) is 5.76 Å². The van der Waals surface area contributed by atoms with Crippen molar-refractivity contribution < 1.29 is 23.8 Å². The number of amides is 1. The molecule has 1 saturated heterocycles. The van der Waals surface area contributed by atoms with Crippen LogP contribution in [0.5, 0.6) is 5.75 Å². The fourth-order valence-corrected chi connectivity index (χ4v) is 4.47. The number of nitrogens with zero attached hydrogens (tertiary/aromatic N) is 1. The first kappa shape index (κ1) is 20.1. The standard InChI is InChI=1S/C26H23NO5/c1-16-14-19-15-18(9-10-20(19)32-16)24(28)22-23(21-8-5-13-31-21)27(26(30)25(22)29)12-11-17-6-3-2-4-7-17/h2-10,13,15-16,23,28H,11-12,14H2,1H3. The van der Waals surface area contributed by atoms with Crippen molar-refractivity contribution >= 4 is 17.4 Å². The second-order valence-electron chi connectivity index (χ2n) is 8.20. The van der Waals surface area contributed by atoms with E-state index in [9.17, 15) is 14.7 Å². The number of fused-ring (bicyclic) bond motifs is 1. The number of likely N-dealkylation sites (tertiary alicyclic amines) is 1. The largest absolute Gasteiger partial charge is 0.507 e. The number of aliphatic hydroxyl groups is 1. The molecule has 32 heavy (non-hydrogen) atoms. The number of ether oxygens (including phenoxy) is 1. The Morgan fingerprint density at radius 2 is 1.91 bits per heavy atom. The molecule has 0 spiro atoms. The molecule has 2 aliphatic rings. The number of carbonyl (C=O) groups is 2. The van der Waals surface area contributed by atoms with Gasteiger partial charge in [-0.1, -0.05) is 30.3 Å². The number of benzene rings is 2. The molecule has 0 radical (unpaired) electrons. The second kappa shape index (κ2) is 8.04. The number of aliphatic hydroxyl groups excluding tert-OH is 1. The summed E-state index contributed by atoms with van der Waals surface area (Å²) in [4.78, 5) is 27.5. The van der Waals surface area contributed by atoms with Crippen LogP contribution in [0.2, 0.25) is 0 Å². The first-order valence-corrected chi connectivity index (χ1v) is 10.7. The molecular formula is C26H23NO5. The highest BCUT2D eigenvalue weighted by Gasteiger charge is 2.47. The van der Waals surface area contributed by atoms with Gasteiger partial charge in [-0.25, -0.2) is 0 Å². The SMILES string of the molecule is CC1Cc2cc(C(O)=C3C(=O)C(=O)N(CCc4ccccc4)C3c3ccco3)ccc2O1. The summed E-state index contributed by atoms with van der Waals surface area (Å²) >= 11 is 0. The molecule has 1 amide bonds. The lowest BCUT2D eigenvalue weighted by atomic mass is 9.97. The van der Waals surface area contributed by atoms with E-state index in [1.165, 1.54) is 11.2 Å². The average molecular weight is 429 g/mol. The van der Waals surface area contributed by atoms with Gasteiger partial charge in [0.15, 0.2) is 0 Å². The zero-order valence-corrected chi connectivity index (χ0v) is 17.7. The predicted molar refractivity (Wildman–Crippen MR) is 118 cm³/mol. The van der Waals surface area contributed by atoms with Crippen molar-refractivity contribution in [1.29, 1.82) is 0 Å². The minimum absolute atomic E-state index is 0.0462. The number of furan rings is 1. The molecule has 1 aromatic heterocycles. The summed E-state index contributed by atoms with van der Waals surface area (Å²) in [6.45, 7) is 2.31. The number of hydrogen-bond acceptors (Lipinski definition) is 5. The molecule has 2 unspecified atom stereocenters. The van der Waals surface area contributed by atoms with Crippen LogP contribution in [0.3, 0.4) is 0 Å². The fraction of sp³-hybridized carbons (Fsp3) is 0.231. The molecule has 6 heteroatoms. The smallest absolute Gasteiger partial charge is 0.295 e. The summed E-state index contributed by atoms with van der Waals surface area (Å²) in [6, 6.07) is 17.7. The summed E-state index contributed by atoms with van der Waals surface area (Å²) in [5.74, 6) is -0.324. The van der Waals surface area contributed by atoms with Crippen molar-refractivity contribution in [2.75, 3.05) is 6.54 Å². The summed E-state index contributed by atoms with van der Waals surface area (Å²) in [5.41, 5.74) is 2.55. The van der Waals surface area contributed by atoms with E-state index < -0.39 is 17.7 Å². The van der Waals surface area contributed by atoms with Gasteiger partial charge in [-0.2, -0.15) is 0 Å². The van der Waals surface area contributed by atoms with Crippen LogP contribution in [-0.2, 0) is 22.4 Å². The quantitative estimate of drug-likeness (QED) is 0.372. The highest BCUT2D eigenvalue weighted by molar-refractivity contribution is 6.46. The van der Waals surface area contributed by atoms with Crippen molar-refractivity contribution in [2.24, 2.45) is 0 Å². The molecule has 1 fully saturated rings. The van der Waals surface area contributed by atoms with Gasteiger partial charge in [0.1, 0.15) is 29.4 Å². The van der Waals surface area contributed by atoms with Crippen LogP contribution in [0.4, 0.5) is 0 Å². The van der Waals surface area contributed by atoms with Crippen molar-refractivity contribution in [1.82, 2.24) is 4.90 Å². The molecule has 3 heterocycles. The summed E-state index contributed by atoms with van der Waals surface area (Å²) < 4.78 is 11.3. The molecular weight excluding hydrogens is 406 g/mol. The van der Waals surface area contributed by atoms with Crippen LogP contribution in [0, 0.1) is 0 Å². The summed E-state index contributed by atoms with van der Waals surface area (Å²) in [6.07, 6.45) is 2.87. The van der Waals surface area contributed by atoms with Crippen LogP contribution in [-0.4, -0.2) is 34.3 Å². The van der Waals surface area contributed by atoms with E-state index in [0.29, 0.717) is 24.3 Å². The molecule has 5 rings (SSSR count). The van der Waals surface area contributed by atoms with E-state index >= 15 is 0 Å². The number of Topliss-reactive ketones (excluding diaryl/α,β-unsaturated/α-hetero) is 1. The van der Waals surface area contributed by atoms with Gasteiger partial charge in [0, 0.05) is 18.5 Å². The van der Waals surface area contributed by atoms with E-state index in [2.05, 4.69) is 0 Å². The highest BCUT2D eigenvalue weighted by Crippen LogP contribution is 2.40. The second-order valence-corrected chi connectivity index (χ2v) is 8.20. The van der Waals surface area contributed by atoms with E-state index in [1.54, 1.807) is 24.3 Å². The average Bonchev–Trinajstić information content (AvgIpc) is 3.51. The van der Waals surface area contributed by atoms with Gasteiger partial charge < -0.3 is 19.2 Å². The van der Waals surface area contributed by atoms with Gasteiger partial charge in [0.05, 0.1) is 11.8 Å². The number of hydrogen-bond donors (Lipinski definition) is 1. The van der Waals surface area contributed by atoms with E-state index in [4.69, 9.17) is 9.15 Å². The van der Waals surface area contributed by atoms with Gasteiger partial charge in [0.2, 0.25) is 0 Å². The first-order valence-electron chi connectivity index (χ1n) is 10.7. The van der Waals surface area contributed by atoms with Crippen LogP contribution in [0.15, 0.2) is 76.9 Å². The van der Waals surface area contributed by atoms with Crippen molar-refractivity contribution in [2.45, 2.75) is 31.9 Å². The monoisotopic (exact) mass is 429 g/mol. The zero-order valence-electron chi connectivity index (χ0n) is 17.7. The molecule has 2 aromatic carbocycles. The van der Waals surface area contributed by atoms with Crippen molar-refractivity contribution in [3.05, 3.63) is 95.0 Å². The summed E-state index contributed by atoms with van der Waals surface area (Å²) in [5, 5.41) is 11.2. The lowest BCUT2D eigenvalue weighted by Crippen LogP contribution is -2.31. The van der Waals surface area contributed by atoms with Crippen molar-refractivity contribution in [3.8, 4) is 5.75 Å². The number of rotatable bonds is 5. The van der Waals surface area contributed by atoms with E-state index in [1.807, 2.05) is 43.3 Å². The van der Waals surface area contributed by atoms with Crippen LogP contribution < -0.4 is 4.74 Å². The minimum Gasteiger partial charge on any atom is -0.507 e. The number of ketones is 1. The molecule has 0 bridgehead atoms. The Labute approximate surface area is 185 Å². The van der Waals surface area contributed by atoms with Gasteiger partial charge in [-0.3, -0.25) is 9.59 Å². The Hall–Kier alpha value is -3.80. The van der Waals surface area contributed by atoms with Crippen molar-refractivity contribution in [3.63, 3.8) is 0 Å². The predicted octanol–water partition coefficient (Wildman–Crippen LogP) is 4.27. The molecule has 1 N–H and O–H groups in total. The van der Waals surface area contributed by atoms with E-state index in [-0.39, 0.29) is 17.4 Å². The maximum atomic E-state index is 13.1. The topological polar surface area (TPSA) is 80.0 Å². The Morgan fingerprint density at radius 1 is 1.09 bits per heavy atom. The molecule has 0 saturated carbocycles. The van der Waals surface area contributed by atoms with Gasteiger partial charge in [0.25, 0.3) is 11.7 Å². The maximum absolute atomic E-state index is 13.1. The number of carbonyl (C=O) groups excluding carboxylic acids is 2.